The minimum atomic E-state index is -4.71. The number of nitrogens with zero attached hydrogens (tertiary/aromatic N) is 2. The molecule has 3 N–H and O–H groups in total. The maximum absolute atomic E-state index is 13.2. The molecule has 2 aromatic rings. The zero-order valence-corrected chi connectivity index (χ0v) is 17.3. The lowest BCUT2D eigenvalue weighted by Crippen LogP contribution is -2.47. The first-order valence-corrected chi connectivity index (χ1v) is 9.59. The number of carbonyl (C=O) groups excluding carboxylic acids is 2. The molecule has 0 spiro atoms. The Balaban J connectivity index is 1.65. The van der Waals surface area contributed by atoms with Crippen molar-refractivity contribution in [1.29, 1.82) is 0 Å². The van der Waals surface area contributed by atoms with Gasteiger partial charge in [0.1, 0.15) is 5.54 Å². The van der Waals surface area contributed by atoms with Gasteiger partial charge in [0.15, 0.2) is 5.69 Å². The SMILES string of the molecule is [C-]#[N+]c1ccc(NC(=O)C2(C)CC(Cc3ccc(NC(C)=O)cc3)=NN2)cc1C(F)(F)F. The Morgan fingerprint density at radius 1 is 1.16 bits per heavy atom. The van der Waals surface area contributed by atoms with Gasteiger partial charge in [0, 0.05) is 36.9 Å². The summed E-state index contributed by atoms with van der Waals surface area (Å²) in [6.07, 6.45) is -3.98. The number of anilines is 2. The molecule has 2 aromatic carbocycles. The van der Waals surface area contributed by atoms with Crippen LogP contribution in [0.25, 0.3) is 4.85 Å². The van der Waals surface area contributed by atoms with Gasteiger partial charge in [0.25, 0.3) is 5.91 Å². The van der Waals surface area contributed by atoms with E-state index >= 15 is 0 Å². The highest BCUT2D eigenvalue weighted by Crippen LogP contribution is 2.38. The molecule has 32 heavy (non-hydrogen) atoms. The third-order valence-electron chi connectivity index (χ3n) is 4.88. The Hall–Kier alpha value is -3.87. The van der Waals surface area contributed by atoms with E-state index < -0.39 is 28.9 Å². The average molecular weight is 443 g/mol. The van der Waals surface area contributed by atoms with Crippen LogP contribution in [0.15, 0.2) is 47.6 Å². The van der Waals surface area contributed by atoms with Crippen molar-refractivity contribution in [2.24, 2.45) is 5.10 Å². The van der Waals surface area contributed by atoms with Crippen LogP contribution in [0.1, 0.15) is 31.4 Å². The summed E-state index contributed by atoms with van der Waals surface area (Å²) in [5.74, 6) is -0.712. The molecule has 0 saturated heterocycles. The molecule has 0 aliphatic carbocycles. The van der Waals surface area contributed by atoms with Gasteiger partial charge in [-0.15, -0.1) is 0 Å². The fourth-order valence-electron chi connectivity index (χ4n) is 3.27. The molecule has 0 aromatic heterocycles. The van der Waals surface area contributed by atoms with Crippen LogP contribution in [0.5, 0.6) is 0 Å². The largest absolute Gasteiger partial charge is 0.407 e. The molecule has 0 saturated carbocycles. The number of hydrazone groups is 1. The van der Waals surface area contributed by atoms with Gasteiger partial charge in [-0.1, -0.05) is 18.2 Å². The topological polar surface area (TPSA) is 87.0 Å². The summed E-state index contributed by atoms with van der Waals surface area (Å²) in [7, 11) is 0. The molecule has 0 fully saturated rings. The number of halogens is 3. The van der Waals surface area contributed by atoms with E-state index in [1.54, 1.807) is 19.1 Å². The van der Waals surface area contributed by atoms with Gasteiger partial charge >= 0.3 is 6.18 Å². The molecule has 1 aliphatic heterocycles. The molecule has 2 amide bonds. The summed E-state index contributed by atoms with van der Waals surface area (Å²) in [6, 6.07) is 10.2. The Kier molecular flexibility index (Phi) is 6.20. The second-order valence-electron chi connectivity index (χ2n) is 7.65. The van der Waals surface area contributed by atoms with E-state index in [9.17, 15) is 22.8 Å². The first-order chi connectivity index (χ1) is 15.0. The lowest BCUT2D eigenvalue weighted by Gasteiger charge is -2.23. The van der Waals surface area contributed by atoms with E-state index in [0.717, 1.165) is 17.7 Å². The Bertz CT molecular complexity index is 1120. The molecular formula is C22H20F3N5O2. The van der Waals surface area contributed by atoms with Crippen molar-refractivity contribution in [3.05, 3.63) is 65.0 Å². The van der Waals surface area contributed by atoms with E-state index in [2.05, 4.69) is 26.0 Å². The van der Waals surface area contributed by atoms with E-state index in [0.29, 0.717) is 17.8 Å². The summed E-state index contributed by atoms with van der Waals surface area (Å²) in [6.45, 7) is 9.92. The van der Waals surface area contributed by atoms with Crippen LogP contribution in [0.4, 0.5) is 30.2 Å². The summed E-state index contributed by atoms with van der Waals surface area (Å²) in [5, 5.41) is 9.37. The van der Waals surface area contributed by atoms with Crippen LogP contribution in [0.2, 0.25) is 0 Å². The lowest BCUT2D eigenvalue weighted by atomic mass is 9.93. The van der Waals surface area contributed by atoms with Crippen LogP contribution < -0.4 is 16.1 Å². The fraction of sp³-hybridized carbons (Fsp3) is 0.273. The molecule has 1 atom stereocenters. The number of amides is 2. The number of carbonyl (C=O) groups is 2. The van der Waals surface area contributed by atoms with Gasteiger partial charge in [-0.05, 0) is 36.8 Å². The minimum absolute atomic E-state index is 0.0558. The Morgan fingerprint density at radius 3 is 2.41 bits per heavy atom. The number of alkyl halides is 3. The molecule has 3 rings (SSSR count). The molecule has 0 radical (unpaired) electrons. The summed E-state index contributed by atoms with van der Waals surface area (Å²) in [5.41, 5.74) is 2.24. The summed E-state index contributed by atoms with van der Waals surface area (Å²) in [4.78, 5) is 26.7. The number of benzene rings is 2. The van der Waals surface area contributed by atoms with Crippen molar-refractivity contribution < 1.29 is 22.8 Å². The van der Waals surface area contributed by atoms with Gasteiger partial charge in [0.05, 0.1) is 12.1 Å². The van der Waals surface area contributed by atoms with Gasteiger partial charge in [-0.25, -0.2) is 4.85 Å². The zero-order valence-electron chi connectivity index (χ0n) is 17.3. The third kappa shape index (κ3) is 5.24. The van der Waals surface area contributed by atoms with E-state index in [1.807, 2.05) is 12.1 Å². The Morgan fingerprint density at radius 2 is 1.81 bits per heavy atom. The highest BCUT2D eigenvalue weighted by molar-refractivity contribution is 6.03. The van der Waals surface area contributed by atoms with Crippen molar-refractivity contribution in [3.63, 3.8) is 0 Å². The zero-order chi connectivity index (χ0) is 23.5. The standard InChI is InChI=1S/C22H20F3N5O2/c1-13(31)27-15-6-4-14(5-7-15)10-17-12-21(2,30-29-17)20(32)28-16-8-9-19(26-3)18(11-16)22(23,24)25/h4-9,11,30H,10,12H2,1-2H3,(H,27,31)(H,28,32). The van der Waals surface area contributed by atoms with E-state index in [4.69, 9.17) is 6.57 Å². The number of hydrogen-bond acceptors (Lipinski definition) is 4. The molecule has 166 valence electrons. The van der Waals surface area contributed by atoms with Crippen molar-refractivity contribution in [2.45, 2.75) is 38.4 Å². The molecule has 1 heterocycles. The van der Waals surface area contributed by atoms with Crippen molar-refractivity contribution in [3.8, 4) is 0 Å². The maximum atomic E-state index is 13.2. The molecule has 10 heteroatoms. The maximum Gasteiger partial charge on any atom is 0.407 e. The number of hydrogen-bond donors (Lipinski definition) is 3. The monoisotopic (exact) mass is 443 g/mol. The van der Waals surface area contributed by atoms with Crippen LogP contribution in [-0.2, 0) is 22.2 Å². The lowest BCUT2D eigenvalue weighted by molar-refractivity contribution is -0.136. The number of rotatable bonds is 5. The quantitative estimate of drug-likeness (QED) is 0.595. The van der Waals surface area contributed by atoms with Crippen molar-refractivity contribution in [1.82, 2.24) is 5.43 Å². The minimum Gasteiger partial charge on any atom is -0.326 e. The normalized spacial score (nSPS) is 17.7. The summed E-state index contributed by atoms with van der Waals surface area (Å²) < 4.78 is 39.5. The van der Waals surface area contributed by atoms with Crippen molar-refractivity contribution in [2.75, 3.05) is 10.6 Å². The molecule has 7 nitrogen and oxygen atoms in total. The van der Waals surface area contributed by atoms with Gasteiger partial charge in [-0.2, -0.15) is 18.3 Å². The second-order valence-corrected chi connectivity index (χ2v) is 7.65. The van der Waals surface area contributed by atoms with Crippen LogP contribution in [0, 0.1) is 6.57 Å². The predicted molar refractivity (Wildman–Crippen MR) is 114 cm³/mol. The van der Waals surface area contributed by atoms with Crippen LogP contribution in [-0.4, -0.2) is 23.1 Å². The Labute approximate surface area is 182 Å². The van der Waals surface area contributed by atoms with E-state index in [-0.39, 0.29) is 18.0 Å². The first-order valence-electron chi connectivity index (χ1n) is 9.59. The van der Waals surface area contributed by atoms with Gasteiger partial charge < -0.3 is 10.6 Å². The fourth-order valence-corrected chi connectivity index (χ4v) is 3.27. The van der Waals surface area contributed by atoms with E-state index in [1.165, 1.54) is 13.0 Å². The van der Waals surface area contributed by atoms with Crippen LogP contribution in [0.3, 0.4) is 0 Å². The molecule has 0 bridgehead atoms. The first kappa shape index (κ1) is 22.8. The van der Waals surface area contributed by atoms with Gasteiger partial charge in [-0.3, -0.25) is 15.0 Å². The molecular weight excluding hydrogens is 423 g/mol. The molecule has 1 unspecified atom stereocenters. The summed E-state index contributed by atoms with van der Waals surface area (Å²) >= 11 is 0. The highest BCUT2D eigenvalue weighted by Gasteiger charge is 2.39. The highest BCUT2D eigenvalue weighted by atomic mass is 19.4. The smallest absolute Gasteiger partial charge is 0.326 e. The van der Waals surface area contributed by atoms with Crippen molar-refractivity contribution >= 4 is 34.6 Å². The average Bonchev–Trinajstić information content (AvgIpc) is 3.10. The van der Waals surface area contributed by atoms with Crippen LogP contribution >= 0.6 is 0 Å². The molecule has 1 aliphatic rings. The predicted octanol–water partition coefficient (Wildman–Crippen LogP) is 4.50. The van der Waals surface area contributed by atoms with Gasteiger partial charge in [0.2, 0.25) is 5.91 Å². The number of nitrogens with one attached hydrogen (secondary N) is 3. The second kappa shape index (κ2) is 8.70. The third-order valence-corrected chi connectivity index (χ3v) is 4.88.